The number of carbonyl (C=O) groups excluding carboxylic acids is 2. The van der Waals surface area contributed by atoms with E-state index in [1.165, 1.54) is 6.08 Å². The van der Waals surface area contributed by atoms with Crippen molar-refractivity contribution < 1.29 is 18.4 Å². The molecule has 3 nitrogen and oxygen atoms in total. The van der Waals surface area contributed by atoms with E-state index in [2.05, 4.69) is 11.9 Å². The van der Waals surface area contributed by atoms with Crippen LogP contribution in [0.4, 0.5) is 8.78 Å². The fraction of sp³-hybridized carbons (Fsp3) is 0.182. The first kappa shape index (κ1) is 21.5. The maximum atomic E-state index is 14.3. The van der Waals surface area contributed by atoms with Crippen LogP contribution in [0.1, 0.15) is 31.4 Å². The zero-order valence-electron chi connectivity index (χ0n) is 15.6. The van der Waals surface area contributed by atoms with E-state index in [9.17, 15) is 18.4 Å². The Hall–Kier alpha value is -2.79. The summed E-state index contributed by atoms with van der Waals surface area (Å²) in [5.74, 6) is -3.24. The molecule has 2 amide bonds. The van der Waals surface area contributed by atoms with Crippen LogP contribution < -0.4 is 5.32 Å². The largest absolute Gasteiger partial charge is 0.288 e. The van der Waals surface area contributed by atoms with E-state index >= 15 is 0 Å². The summed E-state index contributed by atoms with van der Waals surface area (Å²) in [6.07, 6.45) is 2.09. The first-order valence-electron chi connectivity index (χ1n) is 8.70. The average Bonchev–Trinajstić information content (AvgIpc) is 2.66. The molecule has 0 aromatic heterocycles. The molecule has 6 heteroatoms. The summed E-state index contributed by atoms with van der Waals surface area (Å²) < 4.78 is 27.6. The Morgan fingerprint density at radius 2 is 1.79 bits per heavy atom. The molecule has 0 bridgehead atoms. The summed E-state index contributed by atoms with van der Waals surface area (Å²) in [7, 11) is 0. The Morgan fingerprint density at radius 1 is 1.14 bits per heavy atom. The van der Waals surface area contributed by atoms with Crippen molar-refractivity contribution in [2.24, 2.45) is 5.92 Å². The molecule has 0 radical (unpaired) electrons. The van der Waals surface area contributed by atoms with Crippen LogP contribution in [0.2, 0.25) is 5.02 Å². The highest BCUT2D eigenvalue weighted by Crippen LogP contribution is 2.24. The molecule has 0 heterocycles. The van der Waals surface area contributed by atoms with E-state index in [-0.39, 0.29) is 22.6 Å². The van der Waals surface area contributed by atoms with Gasteiger partial charge in [-0.05, 0) is 48.2 Å². The van der Waals surface area contributed by atoms with Crippen LogP contribution in [0.25, 0.3) is 11.6 Å². The van der Waals surface area contributed by atoms with Crippen molar-refractivity contribution in [2.45, 2.75) is 20.3 Å². The van der Waals surface area contributed by atoms with Gasteiger partial charge in [0.2, 0.25) is 0 Å². The van der Waals surface area contributed by atoms with Gasteiger partial charge in [-0.3, -0.25) is 14.9 Å². The number of amides is 2. The molecule has 1 atom stereocenters. The minimum absolute atomic E-state index is 0.112. The van der Waals surface area contributed by atoms with Gasteiger partial charge in [0.05, 0.1) is 5.57 Å². The van der Waals surface area contributed by atoms with Gasteiger partial charge in [0.1, 0.15) is 11.6 Å². The maximum Gasteiger partial charge on any atom is 0.258 e. The van der Waals surface area contributed by atoms with E-state index < -0.39 is 23.4 Å². The number of carbonyl (C=O) groups is 2. The van der Waals surface area contributed by atoms with E-state index in [0.29, 0.717) is 23.1 Å². The number of rotatable bonds is 6. The highest BCUT2D eigenvalue weighted by Gasteiger charge is 2.21. The second-order valence-corrected chi connectivity index (χ2v) is 6.79. The third kappa shape index (κ3) is 5.36. The summed E-state index contributed by atoms with van der Waals surface area (Å²) in [5, 5.41) is 2.73. The van der Waals surface area contributed by atoms with Crippen molar-refractivity contribution in [3.05, 3.63) is 82.4 Å². The summed E-state index contributed by atoms with van der Waals surface area (Å²) in [4.78, 5) is 25.0. The molecular weight excluding hydrogens is 384 g/mol. The molecule has 0 aliphatic carbocycles. The topological polar surface area (TPSA) is 46.2 Å². The Morgan fingerprint density at radius 3 is 2.36 bits per heavy atom. The molecule has 0 saturated heterocycles. The van der Waals surface area contributed by atoms with Crippen LogP contribution in [0.5, 0.6) is 0 Å². The second kappa shape index (κ2) is 9.42. The molecule has 0 saturated carbocycles. The standard InChI is InChI=1S/C22H20ClF2NO2/c1-4-13(2)14(3)21(27)26-22(28)19(11-15-5-7-16(23)8-6-15)18-10-9-17(24)12-20(18)25/h5-13H,3-4H2,1-2H3,(H,26,27,28)/b19-11+. The predicted octanol–water partition coefficient (Wildman–Crippen LogP) is 5.40. The van der Waals surface area contributed by atoms with E-state index in [4.69, 9.17) is 11.6 Å². The molecule has 1 N–H and O–H groups in total. The third-order valence-electron chi connectivity index (χ3n) is 4.37. The van der Waals surface area contributed by atoms with Gasteiger partial charge >= 0.3 is 0 Å². The van der Waals surface area contributed by atoms with E-state index in [1.54, 1.807) is 24.3 Å². The fourth-order valence-corrected chi connectivity index (χ4v) is 2.55. The number of hydrogen-bond acceptors (Lipinski definition) is 2. The average molecular weight is 404 g/mol. The first-order chi connectivity index (χ1) is 13.2. The Balaban J connectivity index is 2.43. The lowest BCUT2D eigenvalue weighted by Crippen LogP contribution is -2.33. The number of halogens is 3. The lowest BCUT2D eigenvalue weighted by molar-refractivity contribution is -0.125. The van der Waals surface area contributed by atoms with Crippen molar-refractivity contribution >= 4 is 35.1 Å². The quantitative estimate of drug-likeness (QED) is 0.518. The van der Waals surface area contributed by atoms with Crippen LogP contribution in [0.3, 0.4) is 0 Å². The second-order valence-electron chi connectivity index (χ2n) is 6.35. The first-order valence-corrected chi connectivity index (χ1v) is 9.07. The van der Waals surface area contributed by atoms with Gasteiger partial charge in [-0.25, -0.2) is 8.78 Å². The van der Waals surface area contributed by atoms with Crippen LogP contribution in [-0.2, 0) is 9.59 Å². The molecule has 0 aliphatic heterocycles. The summed E-state index contributed by atoms with van der Waals surface area (Å²) in [5.41, 5.74) is 0.564. The number of benzene rings is 2. The lowest BCUT2D eigenvalue weighted by Gasteiger charge is -2.14. The zero-order valence-corrected chi connectivity index (χ0v) is 16.3. The molecule has 0 fully saturated rings. The van der Waals surface area contributed by atoms with Gasteiger partial charge < -0.3 is 0 Å². The van der Waals surface area contributed by atoms with Crippen molar-refractivity contribution in [1.29, 1.82) is 0 Å². The summed E-state index contributed by atoms with van der Waals surface area (Å²) >= 11 is 5.86. The highest BCUT2D eigenvalue weighted by atomic mass is 35.5. The Labute approximate surface area is 167 Å². The minimum Gasteiger partial charge on any atom is -0.288 e. The third-order valence-corrected chi connectivity index (χ3v) is 4.62. The number of imide groups is 1. The van der Waals surface area contributed by atoms with Gasteiger partial charge in [-0.1, -0.05) is 44.2 Å². The predicted molar refractivity (Wildman–Crippen MR) is 107 cm³/mol. The van der Waals surface area contributed by atoms with Crippen LogP contribution in [0.15, 0.2) is 54.6 Å². The lowest BCUT2D eigenvalue weighted by atomic mass is 9.98. The molecule has 2 rings (SSSR count). The molecule has 146 valence electrons. The molecule has 0 aliphatic rings. The molecule has 2 aromatic carbocycles. The number of hydrogen-bond donors (Lipinski definition) is 1. The van der Waals surface area contributed by atoms with E-state index in [0.717, 1.165) is 12.1 Å². The van der Waals surface area contributed by atoms with Gasteiger partial charge in [0.25, 0.3) is 11.8 Å². The molecule has 28 heavy (non-hydrogen) atoms. The smallest absolute Gasteiger partial charge is 0.258 e. The van der Waals surface area contributed by atoms with E-state index in [1.807, 2.05) is 13.8 Å². The Bertz CT molecular complexity index is 936. The monoisotopic (exact) mass is 403 g/mol. The molecule has 0 spiro atoms. The van der Waals surface area contributed by atoms with Crippen LogP contribution in [-0.4, -0.2) is 11.8 Å². The summed E-state index contributed by atoms with van der Waals surface area (Å²) in [6, 6.07) is 9.37. The van der Waals surface area contributed by atoms with Crippen LogP contribution in [0, 0.1) is 17.6 Å². The normalized spacial score (nSPS) is 12.4. The minimum atomic E-state index is -0.913. The van der Waals surface area contributed by atoms with Gasteiger partial charge in [-0.15, -0.1) is 0 Å². The zero-order chi connectivity index (χ0) is 20.8. The van der Waals surface area contributed by atoms with Gasteiger partial charge in [-0.2, -0.15) is 0 Å². The highest BCUT2D eigenvalue weighted by molar-refractivity contribution is 6.31. The van der Waals surface area contributed by atoms with Crippen molar-refractivity contribution in [3.63, 3.8) is 0 Å². The molecule has 2 aromatic rings. The van der Waals surface area contributed by atoms with Crippen molar-refractivity contribution in [2.75, 3.05) is 0 Å². The fourth-order valence-electron chi connectivity index (χ4n) is 2.42. The maximum absolute atomic E-state index is 14.3. The van der Waals surface area contributed by atoms with Gasteiger partial charge in [0.15, 0.2) is 0 Å². The number of nitrogens with one attached hydrogen (secondary N) is 1. The van der Waals surface area contributed by atoms with Crippen molar-refractivity contribution in [1.82, 2.24) is 5.32 Å². The SMILES string of the molecule is C=C(C(=O)NC(=O)/C(=C/c1ccc(Cl)cc1)c1ccc(F)cc1F)C(C)CC. The summed E-state index contributed by atoms with van der Waals surface area (Å²) in [6.45, 7) is 7.42. The van der Waals surface area contributed by atoms with Crippen LogP contribution >= 0.6 is 11.6 Å². The molecular formula is C22H20ClF2NO2. The molecule has 1 unspecified atom stereocenters. The van der Waals surface area contributed by atoms with Crippen molar-refractivity contribution in [3.8, 4) is 0 Å². The Kier molecular flexibility index (Phi) is 7.24. The van der Waals surface area contributed by atoms with Gasteiger partial charge in [0, 0.05) is 22.2 Å².